The van der Waals surface area contributed by atoms with E-state index in [-0.39, 0.29) is 6.10 Å². The SMILES string of the molecule is CCCC(OCC)c1noc(-c2ccc(C#N)cc2C)n1. The molecule has 2 aromatic rings. The van der Waals surface area contributed by atoms with Crippen LogP contribution in [0, 0.1) is 18.3 Å². The van der Waals surface area contributed by atoms with Crippen LogP contribution in [0.2, 0.25) is 0 Å². The molecule has 0 aliphatic heterocycles. The maximum atomic E-state index is 8.90. The summed E-state index contributed by atoms with van der Waals surface area (Å²) >= 11 is 0. The summed E-state index contributed by atoms with van der Waals surface area (Å²) in [6.45, 7) is 6.59. The van der Waals surface area contributed by atoms with Gasteiger partial charge < -0.3 is 9.26 Å². The molecular weight excluding hydrogens is 266 g/mol. The Morgan fingerprint density at radius 1 is 1.38 bits per heavy atom. The van der Waals surface area contributed by atoms with E-state index in [2.05, 4.69) is 23.1 Å². The number of hydrogen-bond acceptors (Lipinski definition) is 5. The third-order valence-electron chi connectivity index (χ3n) is 3.23. The number of benzene rings is 1. The highest BCUT2D eigenvalue weighted by Crippen LogP contribution is 2.26. The van der Waals surface area contributed by atoms with Crippen LogP contribution in [-0.2, 0) is 4.74 Å². The average Bonchev–Trinajstić information content (AvgIpc) is 2.96. The van der Waals surface area contributed by atoms with E-state index in [4.69, 9.17) is 14.5 Å². The molecular formula is C16H19N3O2. The minimum atomic E-state index is -0.129. The lowest BCUT2D eigenvalue weighted by molar-refractivity contribution is 0.0478. The molecule has 2 rings (SSSR count). The number of nitriles is 1. The van der Waals surface area contributed by atoms with Crippen molar-refractivity contribution >= 4 is 0 Å². The van der Waals surface area contributed by atoms with Gasteiger partial charge in [-0.3, -0.25) is 0 Å². The number of aryl methyl sites for hydroxylation is 1. The molecule has 1 aromatic heterocycles. The molecule has 1 aromatic carbocycles. The highest BCUT2D eigenvalue weighted by atomic mass is 16.5. The molecule has 110 valence electrons. The second kappa shape index (κ2) is 7.00. The molecule has 0 saturated heterocycles. The lowest BCUT2D eigenvalue weighted by Gasteiger charge is -2.11. The maximum Gasteiger partial charge on any atom is 0.258 e. The summed E-state index contributed by atoms with van der Waals surface area (Å²) in [6.07, 6.45) is 1.72. The van der Waals surface area contributed by atoms with Crippen molar-refractivity contribution in [1.82, 2.24) is 10.1 Å². The van der Waals surface area contributed by atoms with E-state index in [0.717, 1.165) is 24.0 Å². The van der Waals surface area contributed by atoms with Gasteiger partial charge in [0, 0.05) is 12.2 Å². The van der Waals surface area contributed by atoms with Crippen LogP contribution >= 0.6 is 0 Å². The number of nitrogens with zero attached hydrogens (tertiary/aromatic N) is 3. The highest BCUT2D eigenvalue weighted by molar-refractivity contribution is 5.60. The van der Waals surface area contributed by atoms with Gasteiger partial charge in [0.05, 0.1) is 11.6 Å². The molecule has 0 radical (unpaired) electrons. The molecule has 0 aliphatic rings. The van der Waals surface area contributed by atoms with Gasteiger partial charge in [-0.1, -0.05) is 18.5 Å². The molecule has 0 N–H and O–H groups in total. The van der Waals surface area contributed by atoms with Crippen LogP contribution < -0.4 is 0 Å². The molecule has 21 heavy (non-hydrogen) atoms. The highest BCUT2D eigenvalue weighted by Gasteiger charge is 2.19. The monoisotopic (exact) mass is 285 g/mol. The fourth-order valence-electron chi connectivity index (χ4n) is 2.20. The van der Waals surface area contributed by atoms with Crippen molar-refractivity contribution < 1.29 is 9.26 Å². The van der Waals surface area contributed by atoms with Gasteiger partial charge in [-0.05, 0) is 44.0 Å². The van der Waals surface area contributed by atoms with Crippen molar-refractivity contribution in [2.75, 3.05) is 6.61 Å². The summed E-state index contributed by atoms with van der Waals surface area (Å²) in [6, 6.07) is 7.51. The first-order valence-electron chi connectivity index (χ1n) is 7.15. The van der Waals surface area contributed by atoms with Crippen LogP contribution in [0.15, 0.2) is 22.7 Å². The topological polar surface area (TPSA) is 71.9 Å². The van der Waals surface area contributed by atoms with E-state index in [1.807, 2.05) is 26.0 Å². The Bertz CT molecular complexity index is 637. The molecule has 5 heteroatoms. The predicted octanol–water partition coefficient (Wildman–Crippen LogP) is 3.79. The summed E-state index contributed by atoms with van der Waals surface area (Å²) < 4.78 is 11.0. The Labute approximate surface area is 124 Å². The van der Waals surface area contributed by atoms with Crippen molar-refractivity contribution in [3.63, 3.8) is 0 Å². The largest absolute Gasteiger partial charge is 0.370 e. The van der Waals surface area contributed by atoms with Gasteiger partial charge in [-0.25, -0.2) is 0 Å². The first-order chi connectivity index (χ1) is 10.2. The van der Waals surface area contributed by atoms with Crippen LogP contribution in [0.4, 0.5) is 0 Å². The summed E-state index contributed by atoms with van der Waals surface area (Å²) in [4.78, 5) is 4.45. The fourth-order valence-corrected chi connectivity index (χ4v) is 2.20. The molecule has 0 amide bonds. The minimum Gasteiger partial charge on any atom is -0.370 e. The summed E-state index contributed by atoms with van der Waals surface area (Å²) in [5.41, 5.74) is 2.40. The summed E-state index contributed by atoms with van der Waals surface area (Å²) in [5, 5.41) is 12.9. The van der Waals surface area contributed by atoms with Crippen LogP contribution in [-0.4, -0.2) is 16.7 Å². The molecule has 1 atom stereocenters. The van der Waals surface area contributed by atoms with Crippen LogP contribution in [0.3, 0.4) is 0 Å². The predicted molar refractivity (Wildman–Crippen MR) is 78.5 cm³/mol. The second-order valence-electron chi connectivity index (χ2n) is 4.83. The van der Waals surface area contributed by atoms with Crippen molar-refractivity contribution in [3.05, 3.63) is 35.2 Å². The van der Waals surface area contributed by atoms with Gasteiger partial charge in [-0.15, -0.1) is 0 Å². The molecule has 5 nitrogen and oxygen atoms in total. The normalized spacial score (nSPS) is 12.1. The summed E-state index contributed by atoms with van der Waals surface area (Å²) in [7, 11) is 0. The Hall–Kier alpha value is -2.19. The lowest BCUT2D eigenvalue weighted by atomic mass is 10.1. The first-order valence-corrected chi connectivity index (χ1v) is 7.15. The maximum absolute atomic E-state index is 8.90. The Kier molecular flexibility index (Phi) is 5.07. The van der Waals surface area contributed by atoms with E-state index in [1.54, 1.807) is 6.07 Å². The zero-order valence-electron chi connectivity index (χ0n) is 12.6. The zero-order valence-corrected chi connectivity index (χ0v) is 12.6. The van der Waals surface area contributed by atoms with E-state index in [0.29, 0.717) is 23.9 Å². The smallest absolute Gasteiger partial charge is 0.258 e. The second-order valence-corrected chi connectivity index (χ2v) is 4.83. The van der Waals surface area contributed by atoms with Gasteiger partial charge in [0.15, 0.2) is 0 Å². The first kappa shape index (κ1) is 15.2. The minimum absolute atomic E-state index is 0.129. The molecule has 0 aliphatic carbocycles. The van der Waals surface area contributed by atoms with Gasteiger partial charge in [0.25, 0.3) is 5.89 Å². The molecule has 1 heterocycles. The van der Waals surface area contributed by atoms with Crippen molar-refractivity contribution in [3.8, 4) is 17.5 Å². The average molecular weight is 285 g/mol. The molecule has 0 fully saturated rings. The summed E-state index contributed by atoms with van der Waals surface area (Å²) in [5.74, 6) is 1.05. The van der Waals surface area contributed by atoms with Gasteiger partial charge in [-0.2, -0.15) is 10.2 Å². The number of rotatable bonds is 6. The molecule has 1 unspecified atom stereocenters. The Morgan fingerprint density at radius 2 is 2.19 bits per heavy atom. The zero-order chi connectivity index (χ0) is 15.2. The molecule has 0 saturated carbocycles. The van der Waals surface area contributed by atoms with E-state index < -0.39 is 0 Å². The molecule has 0 spiro atoms. The Morgan fingerprint density at radius 3 is 2.81 bits per heavy atom. The van der Waals surface area contributed by atoms with E-state index in [9.17, 15) is 0 Å². The van der Waals surface area contributed by atoms with Gasteiger partial charge in [0.2, 0.25) is 5.82 Å². The quantitative estimate of drug-likeness (QED) is 0.807. The standard InChI is InChI=1S/C16H19N3O2/c1-4-6-14(20-5-2)15-18-16(21-19-15)13-8-7-12(10-17)9-11(13)3/h7-9,14H,4-6H2,1-3H3. The third-order valence-corrected chi connectivity index (χ3v) is 3.23. The number of aromatic nitrogens is 2. The van der Waals surface area contributed by atoms with Crippen molar-refractivity contribution in [1.29, 1.82) is 5.26 Å². The van der Waals surface area contributed by atoms with Crippen LogP contribution in [0.5, 0.6) is 0 Å². The third kappa shape index (κ3) is 3.47. The van der Waals surface area contributed by atoms with Gasteiger partial charge >= 0.3 is 0 Å². The van der Waals surface area contributed by atoms with E-state index in [1.165, 1.54) is 0 Å². The van der Waals surface area contributed by atoms with Crippen LogP contribution in [0.1, 0.15) is 49.7 Å². The van der Waals surface area contributed by atoms with Crippen molar-refractivity contribution in [2.24, 2.45) is 0 Å². The lowest BCUT2D eigenvalue weighted by Crippen LogP contribution is -2.06. The van der Waals surface area contributed by atoms with Crippen molar-refractivity contribution in [2.45, 2.75) is 39.7 Å². The number of hydrogen-bond donors (Lipinski definition) is 0. The fraction of sp³-hybridized carbons (Fsp3) is 0.438. The molecule has 0 bridgehead atoms. The Balaban J connectivity index is 2.29. The van der Waals surface area contributed by atoms with E-state index >= 15 is 0 Å². The van der Waals surface area contributed by atoms with Crippen LogP contribution in [0.25, 0.3) is 11.5 Å². The number of ether oxygens (including phenoxy) is 1. The van der Waals surface area contributed by atoms with Gasteiger partial charge in [0.1, 0.15) is 6.10 Å².